The average Bonchev–Trinajstić information content (AvgIpc) is 2.12. The number of hydrogen-bond acceptors (Lipinski definition) is 2. The highest BCUT2D eigenvalue weighted by Crippen LogP contribution is 1.97. The second-order valence-electron chi connectivity index (χ2n) is 2.43. The summed E-state index contributed by atoms with van der Waals surface area (Å²) in [5, 5.41) is 0. The molecule has 0 N–H and O–H groups in total. The molecule has 0 aromatic carbocycles. The van der Waals surface area contributed by atoms with Crippen molar-refractivity contribution in [3.05, 3.63) is 37.6 Å². The van der Waals surface area contributed by atoms with Crippen LogP contribution in [0.4, 0.5) is 0 Å². The van der Waals surface area contributed by atoms with E-state index in [9.17, 15) is 4.79 Å². The van der Waals surface area contributed by atoms with Gasteiger partial charge in [0.1, 0.15) is 5.82 Å². The lowest BCUT2D eigenvalue weighted by atomic mass is 10.5. The van der Waals surface area contributed by atoms with Crippen molar-refractivity contribution in [2.45, 2.75) is 13.5 Å². The van der Waals surface area contributed by atoms with Crippen molar-refractivity contribution in [2.24, 2.45) is 0 Å². The third kappa shape index (κ3) is 2.54. The third-order valence-corrected chi connectivity index (χ3v) is 2.50. The SMILES string of the molecule is Cc1ncc(I)c(=O)n1CC=CCl. The van der Waals surface area contributed by atoms with Gasteiger partial charge < -0.3 is 0 Å². The van der Waals surface area contributed by atoms with E-state index in [0.29, 0.717) is 15.9 Å². The predicted molar refractivity (Wildman–Crippen MR) is 60.9 cm³/mol. The molecule has 3 nitrogen and oxygen atoms in total. The van der Waals surface area contributed by atoms with Gasteiger partial charge >= 0.3 is 0 Å². The van der Waals surface area contributed by atoms with Gasteiger partial charge in [0.25, 0.3) is 5.56 Å². The van der Waals surface area contributed by atoms with Gasteiger partial charge in [0.2, 0.25) is 0 Å². The van der Waals surface area contributed by atoms with Crippen LogP contribution in [0.3, 0.4) is 0 Å². The Hall–Kier alpha value is -0.360. The van der Waals surface area contributed by atoms with Crippen LogP contribution in [0, 0.1) is 10.5 Å². The number of aryl methyl sites for hydroxylation is 1. The lowest BCUT2D eigenvalue weighted by molar-refractivity contribution is 0.709. The molecule has 0 aliphatic rings. The summed E-state index contributed by atoms with van der Waals surface area (Å²) in [5.74, 6) is 0.695. The van der Waals surface area contributed by atoms with E-state index in [0.717, 1.165) is 0 Å². The van der Waals surface area contributed by atoms with Crippen molar-refractivity contribution < 1.29 is 0 Å². The van der Waals surface area contributed by atoms with Gasteiger partial charge in [0.05, 0.1) is 3.57 Å². The number of nitrogens with zero attached hydrogens (tertiary/aromatic N) is 2. The molecule has 0 saturated heterocycles. The normalized spacial score (nSPS) is 11.0. The summed E-state index contributed by atoms with van der Waals surface area (Å²) in [6.07, 6.45) is 3.27. The molecule has 1 aromatic heterocycles. The molecular weight excluding hydrogens is 302 g/mol. The van der Waals surface area contributed by atoms with E-state index in [4.69, 9.17) is 11.6 Å². The third-order valence-electron chi connectivity index (χ3n) is 1.58. The fourth-order valence-corrected chi connectivity index (χ4v) is 1.42. The van der Waals surface area contributed by atoms with Crippen molar-refractivity contribution in [3.63, 3.8) is 0 Å². The second-order valence-corrected chi connectivity index (χ2v) is 3.84. The second kappa shape index (κ2) is 4.76. The molecule has 5 heteroatoms. The Labute approximate surface area is 94.6 Å². The quantitative estimate of drug-likeness (QED) is 0.782. The molecule has 1 rings (SSSR count). The van der Waals surface area contributed by atoms with Crippen molar-refractivity contribution in [2.75, 3.05) is 0 Å². The van der Waals surface area contributed by atoms with Gasteiger partial charge in [-0.05, 0) is 29.5 Å². The Morgan fingerprint density at radius 2 is 2.46 bits per heavy atom. The van der Waals surface area contributed by atoms with Crippen molar-refractivity contribution in [1.29, 1.82) is 0 Å². The molecule has 70 valence electrons. The number of allylic oxidation sites excluding steroid dienone is 1. The largest absolute Gasteiger partial charge is 0.292 e. The summed E-state index contributed by atoms with van der Waals surface area (Å²) in [7, 11) is 0. The lowest BCUT2D eigenvalue weighted by Gasteiger charge is -2.05. The van der Waals surface area contributed by atoms with E-state index in [1.165, 1.54) is 5.54 Å². The summed E-state index contributed by atoms with van der Waals surface area (Å²) in [4.78, 5) is 15.6. The van der Waals surface area contributed by atoms with E-state index in [1.807, 2.05) is 22.6 Å². The molecule has 1 aromatic rings. The fourth-order valence-electron chi connectivity index (χ4n) is 0.911. The van der Waals surface area contributed by atoms with Crippen LogP contribution in [-0.2, 0) is 6.54 Å². The first kappa shape index (κ1) is 10.7. The topological polar surface area (TPSA) is 34.9 Å². The van der Waals surface area contributed by atoms with Crippen LogP contribution >= 0.6 is 34.2 Å². The smallest absolute Gasteiger partial charge is 0.267 e. The van der Waals surface area contributed by atoms with Crippen LogP contribution in [0.1, 0.15) is 5.82 Å². The first-order chi connectivity index (χ1) is 6.16. The first-order valence-corrected chi connectivity index (χ1v) is 5.15. The molecule has 0 saturated carbocycles. The minimum absolute atomic E-state index is 0.0251. The molecule has 0 unspecified atom stereocenters. The minimum Gasteiger partial charge on any atom is -0.292 e. The van der Waals surface area contributed by atoms with Gasteiger partial charge in [0, 0.05) is 18.3 Å². The Morgan fingerprint density at radius 3 is 3.08 bits per heavy atom. The zero-order valence-electron chi connectivity index (χ0n) is 7.00. The van der Waals surface area contributed by atoms with Crippen LogP contribution in [0.2, 0.25) is 0 Å². The van der Waals surface area contributed by atoms with Crippen LogP contribution in [0.5, 0.6) is 0 Å². The maximum absolute atomic E-state index is 11.5. The molecule has 0 spiro atoms. The van der Waals surface area contributed by atoms with Crippen LogP contribution in [0.15, 0.2) is 22.6 Å². The van der Waals surface area contributed by atoms with Crippen LogP contribution in [0.25, 0.3) is 0 Å². The van der Waals surface area contributed by atoms with Gasteiger partial charge in [-0.1, -0.05) is 17.7 Å². The highest BCUT2D eigenvalue weighted by Gasteiger charge is 2.02. The fraction of sp³-hybridized carbons (Fsp3) is 0.250. The predicted octanol–water partition coefficient (Wildman–Crippen LogP) is 1.91. The number of rotatable bonds is 2. The Kier molecular flexibility index (Phi) is 3.92. The average molecular weight is 311 g/mol. The zero-order valence-corrected chi connectivity index (χ0v) is 9.91. The summed E-state index contributed by atoms with van der Waals surface area (Å²) >= 11 is 7.34. The summed E-state index contributed by atoms with van der Waals surface area (Å²) < 4.78 is 2.19. The molecule has 0 fully saturated rings. The maximum atomic E-state index is 11.5. The molecule has 0 amide bonds. The molecule has 0 aliphatic heterocycles. The molecule has 0 bridgehead atoms. The molecule has 13 heavy (non-hydrogen) atoms. The Morgan fingerprint density at radius 1 is 1.77 bits per heavy atom. The standard InChI is InChI=1S/C8H8ClIN2O/c1-6-11-5-7(10)8(13)12(6)4-2-3-9/h2-3,5H,4H2,1H3. The molecule has 0 aliphatic carbocycles. The Bertz CT molecular complexity index is 386. The summed E-state index contributed by atoms with van der Waals surface area (Å²) in [6.45, 7) is 2.26. The number of aromatic nitrogens is 2. The monoisotopic (exact) mass is 310 g/mol. The highest BCUT2D eigenvalue weighted by molar-refractivity contribution is 14.1. The molecule has 0 atom stereocenters. The summed E-state index contributed by atoms with van der Waals surface area (Å²) in [6, 6.07) is 0. The number of halogens is 2. The molecule has 1 heterocycles. The van der Waals surface area contributed by atoms with Gasteiger partial charge in [-0.2, -0.15) is 0 Å². The van der Waals surface area contributed by atoms with E-state index >= 15 is 0 Å². The Balaban J connectivity index is 3.18. The van der Waals surface area contributed by atoms with Crippen molar-refractivity contribution in [3.8, 4) is 0 Å². The van der Waals surface area contributed by atoms with Gasteiger partial charge in [-0.15, -0.1) is 0 Å². The van der Waals surface area contributed by atoms with E-state index in [-0.39, 0.29) is 5.56 Å². The first-order valence-electron chi connectivity index (χ1n) is 3.64. The van der Waals surface area contributed by atoms with E-state index in [1.54, 1.807) is 23.8 Å². The van der Waals surface area contributed by atoms with Crippen molar-refractivity contribution >= 4 is 34.2 Å². The minimum atomic E-state index is -0.0251. The molecular formula is C8H8ClIN2O. The van der Waals surface area contributed by atoms with Gasteiger partial charge in [-0.3, -0.25) is 9.36 Å². The van der Waals surface area contributed by atoms with Gasteiger partial charge in [0.15, 0.2) is 0 Å². The zero-order chi connectivity index (χ0) is 9.84. The maximum Gasteiger partial charge on any atom is 0.267 e. The van der Waals surface area contributed by atoms with Crippen molar-refractivity contribution in [1.82, 2.24) is 9.55 Å². The van der Waals surface area contributed by atoms with Crippen LogP contribution in [-0.4, -0.2) is 9.55 Å². The van der Waals surface area contributed by atoms with E-state index < -0.39 is 0 Å². The van der Waals surface area contributed by atoms with Gasteiger partial charge in [-0.25, -0.2) is 4.98 Å². The molecule has 0 radical (unpaired) electrons. The van der Waals surface area contributed by atoms with E-state index in [2.05, 4.69) is 4.98 Å². The highest BCUT2D eigenvalue weighted by atomic mass is 127. The summed E-state index contributed by atoms with van der Waals surface area (Å²) in [5.41, 5.74) is 1.37. The lowest BCUT2D eigenvalue weighted by Crippen LogP contribution is -2.24. The number of hydrogen-bond donors (Lipinski definition) is 0. The van der Waals surface area contributed by atoms with Crippen LogP contribution < -0.4 is 5.56 Å².